The van der Waals surface area contributed by atoms with E-state index in [1.54, 1.807) is 23.1 Å². The van der Waals surface area contributed by atoms with E-state index >= 15 is 0 Å². The molecule has 1 aromatic rings. The largest absolute Gasteiger partial charge is 0.434 e. The molecule has 1 saturated heterocycles. The van der Waals surface area contributed by atoms with Crippen LogP contribution >= 0.6 is 0 Å². The number of hydrogen-bond acceptors (Lipinski definition) is 3. The lowest BCUT2D eigenvalue weighted by molar-refractivity contribution is -0.128. The zero-order chi connectivity index (χ0) is 13.8. The van der Waals surface area contributed by atoms with Crippen LogP contribution in [0, 0.1) is 5.92 Å². The fourth-order valence-electron chi connectivity index (χ4n) is 2.18. The molecule has 1 heterocycles. The van der Waals surface area contributed by atoms with Crippen molar-refractivity contribution in [2.24, 2.45) is 5.92 Å². The van der Waals surface area contributed by atoms with E-state index in [4.69, 9.17) is 5.11 Å². The van der Waals surface area contributed by atoms with Crippen molar-refractivity contribution in [3.05, 3.63) is 29.8 Å². The summed E-state index contributed by atoms with van der Waals surface area (Å²) in [6.07, 6.45) is 0.300. The van der Waals surface area contributed by atoms with Gasteiger partial charge in [0.05, 0.1) is 0 Å². The van der Waals surface area contributed by atoms with Crippen LogP contribution in [0.25, 0.3) is 0 Å². The number of amides is 1. The highest BCUT2D eigenvalue weighted by atomic mass is 19.3. The summed E-state index contributed by atoms with van der Waals surface area (Å²) < 4.78 is 29.0. The third-order valence-electron chi connectivity index (χ3n) is 3.10. The van der Waals surface area contributed by atoms with Crippen molar-refractivity contribution >= 4 is 5.91 Å². The molecule has 0 spiro atoms. The number of aliphatic hydroxyl groups is 1. The number of ether oxygens (including phenoxy) is 1. The first kappa shape index (κ1) is 13.7. The van der Waals surface area contributed by atoms with E-state index in [1.165, 1.54) is 6.07 Å². The van der Waals surface area contributed by atoms with Gasteiger partial charge in [-0.1, -0.05) is 18.2 Å². The third-order valence-corrected chi connectivity index (χ3v) is 3.10. The summed E-state index contributed by atoms with van der Waals surface area (Å²) in [5.74, 6) is -0.0701. The monoisotopic (exact) mass is 271 g/mol. The topological polar surface area (TPSA) is 49.8 Å². The molecule has 0 radical (unpaired) electrons. The summed E-state index contributed by atoms with van der Waals surface area (Å²) in [5.41, 5.74) is 0.537. The van der Waals surface area contributed by atoms with Gasteiger partial charge in [0.25, 0.3) is 0 Å². The number of carbonyl (C=O) groups excluding carboxylic acids is 1. The van der Waals surface area contributed by atoms with Gasteiger partial charge in [-0.2, -0.15) is 8.78 Å². The second kappa shape index (κ2) is 5.97. The van der Waals surface area contributed by atoms with Crippen molar-refractivity contribution in [3.8, 4) is 5.75 Å². The molecule has 0 aromatic heterocycles. The Morgan fingerprint density at radius 3 is 2.79 bits per heavy atom. The molecule has 1 aliphatic heterocycles. The average molecular weight is 271 g/mol. The molecular formula is C13H15F2NO3. The molecular weight excluding hydrogens is 256 g/mol. The van der Waals surface area contributed by atoms with Crippen molar-refractivity contribution in [2.45, 2.75) is 19.6 Å². The lowest BCUT2D eigenvalue weighted by Gasteiger charge is -2.18. The van der Waals surface area contributed by atoms with Gasteiger partial charge in [-0.15, -0.1) is 0 Å². The Balaban J connectivity index is 2.09. The molecule has 1 fully saturated rings. The predicted molar refractivity (Wildman–Crippen MR) is 63.7 cm³/mol. The fourth-order valence-corrected chi connectivity index (χ4v) is 2.18. The van der Waals surface area contributed by atoms with E-state index in [1.807, 2.05) is 0 Å². The average Bonchev–Trinajstić information content (AvgIpc) is 2.72. The summed E-state index contributed by atoms with van der Waals surface area (Å²) in [6.45, 7) is -2.27. The summed E-state index contributed by atoms with van der Waals surface area (Å²) in [5, 5.41) is 9.04. The van der Waals surface area contributed by atoms with E-state index < -0.39 is 6.61 Å². The molecule has 1 amide bonds. The highest BCUT2D eigenvalue weighted by Gasteiger charge is 2.29. The molecule has 1 N–H and O–H groups in total. The van der Waals surface area contributed by atoms with Gasteiger partial charge in [0.1, 0.15) is 5.75 Å². The molecule has 1 aliphatic rings. The van der Waals surface area contributed by atoms with Crippen molar-refractivity contribution in [2.75, 3.05) is 13.2 Å². The number of carbonyl (C=O) groups is 1. The Hall–Kier alpha value is -1.69. The number of para-hydroxylation sites is 1. The highest BCUT2D eigenvalue weighted by molar-refractivity contribution is 5.78. The number of rotatable bonds is 5. The summed E-state index contributed by atoms with van der Waals surface area (Å²) in [4.78, 5) is 13.3. The van der Waals surface area contributed by atoms with Crippen molar-refractivity contribution < 1.29 is 23.4 Å². The molecule has 19 heavy (non-hydrogen) atoms. The Labute approximate surface area is 109 Å². The van der Waals surface area contributed by atoms with Crippen LogP contribution in [0.3, 0.4) is 0 Å². The maximum Gasteiger partial charge on any atom is 0.387 e. The number of nitrogens with zero attached hydrogens (tertiary/aromatic N) is 1. The zero-order valence-corrected chi connectivity index (χ0v) is 10.3. The van der Waals surface area contributed by atoms with Crippen LogP contribution in [0.2, 0.25) is 0 Å². The molecule has 0 saturated carbocycles. The number of alkyl halides is 2. The Morgan fingerprint density at radius 1 is 1.42 bits per heavy atom. The normalized spacial score (nSPS) is 19.3. The molecule has 2 rings (SSSR count). The first-order valence-corrected chi connectivity index (χ1v) is 6.01. The lowest BCUT2D eigenvalue weighted by atomic mass is 10.1. The first-order chi connectivity index (χ1) is 9.10. The van der Waals surface area contributed by atoms with Gasteiger partial charge in [0, 0.05) is 37.6 Å². The van der Waals surface area contributed by atoms with Crippen LogP contribution in [-0.2, 0) is 11.3 Å². The smallest absolute Gasteiger partial charge is 0.387 e. The maximum atomic E-state index is 12.3. The Bertz CT molecular complexity index is 453. The zero-order valence-electron chi connectivity index (χ0n) is 10.3. The molecule has 1 atom stereocenters. The van der Waals surface area contributed by atoms with E-state index in [0.717, 1.165) is 0 Å². The first-order valence-electron chi connectivity index (χ1n) is 6.01. The quantitative estimate of drug-likeness (QED) is 0.885. The lowest BCUT2D eigenvalue weighted by Crippen LogP contribution is -2.25. The fraction of sp³-hybridized carbons (Fsp3) is 0.462. The van der Waals surface area contributed by atoms with Gasteiger partial charge in [-0.25, -0.2) is 0 Å². The standard InChI is InChI=1S/C13H15F2NO3/c14-13(15)19-11-4-2-1-3-10(11)7-16-6-9(8-17)5-12(16)18/h1-4,9,13,17H,5-8H2. The number of halogens is 2. The molecule has 0 bridgehead atoms. The number of hydrogen-bond donors (Lipinski definition) is 1. The van der Waals surface area contributed by atoms with Crippen molar-refractivity contribution in [1.82, 2.24) is 4.90 Å². The second-order valence-corrected chi connectivity index (χ2v) is 4.51. The second-order valence-electron chi connectivity index (χ2n) is 4.51. The van der Waals surface area contributed by atoms with Crippen LogP contribution in [0.4, 0.5) is 8.78 Å². The summed E-state index contributed by atoms with van der Waals surface area (Å²) in [6, 6.07) is 6.41. The number of aliphatic hydroxyl groups excluding tert-OH is 1. The minimum absolute atomic E-state index is 0.0442. The van der Waals surface area contributed by atoms with Gasteiger partial charge in [0.2, 0.25) is 5.91 Å². The Kier molecular flexibility index (Phi) is 4.31. The van der Waals surface area contributed by atoms with Gasteiger partial charge >= 0.3 is 6.61 Å². The third kappa shape index (κ3) is 3.41. The molecule has 0 aliphatic carbocycles. The van der Waals surface area contributed by atoms with Crippen LogP contribution in [0.5, 0.6) is 5.75 Å². The molecule has 6 heteroatoms. The molecule has 104 valence electrons. The highest BCUT2D eigenvalue weighted by Crippen LogP contribution is 2.25. The van der Waals surface area contributed by atoms with Gasteiger partial charge in [-0.05, 0) is 6.07 Å². The molecule has 1 unspecified atom stereocenters. The van der Waals surface area contributed by atoms with Crippen molar-refractivity contribution in [1.29, 1.82) is 0 Å². The van der Waals surface area contributed by atoms with Crippen LogP contribution in [0.1, 0.15) is 12.0 Å². The van der Waals surface area contributed by atoms with Crippen LogP contribution in [0.15, 0.2) is 24.3 Å². The SMILES string of the molecule is O=C1CC(CO)CN1Cc1ccccc1OC(F)F. The van der Waals surface area contributed by atoms with Gasteiger partial charge < -0.3 is 14.7 Å². The van der Waals surface area contributed by atoms with E-state index in [9.17, 15) is 13.6 Å². The van der Waals surface area contributed by atoms with Crippen LogP contribution < -0.4 is 4.74 Å². The van der Waals surface area contributed by atoms with E-state index in [2.05, 4.69) is 4.74 Å². The van der Waals surface area contributed by atoms with E-state index in [-0.39, 0.29) is 30.7 Å². The van der Waals surface area contributed by atoms with Gasteiger partial charge in [-0.3, -0.25) is 4.79 Å². The Morgan fingerprint density at radius 2 is 2.16 bits per heavy atom. The summed E-state index contributed by atoms with van der Waals surface area (Å²) in [7, 11) is 0. The number of likely N-dealkylation sites (tertiary alicyclic amines) is 1. The minimum Gasteiger partial charge on any atom is -0.434 e. The summed E-state index contributed by atoms with van der Waals surface area (Å²) >= 11 is 0. The number of benzene rings is 1. The molecule has 1 aromatic carbocycles. The van der Waals surface area contributed by atoms with Gasteiger partial charge in [0.15, 0.2) is 0 Å². The molecule has 4 nitrogen and oxygen atoms in total. The maximum absolute atomic E-state index is 12.3. The van der Waals surface area contributed by atoms with Crippen molar-refractivity contribution in [3.63, 3.8) is 0 Å². The van der Waals surface area contributed by atoms with Crippen LogP contribution in [-0.4, -0.2) is 35.7 Å². The predicted octanol–water partition coefficient (Wildman–Crippen LogP) is 1.63. The minimum atomic E-state index is -2.89. The van der Waals surface area contributed by atoms with E-state index in [0.29, 0.717) is 18.5 Å².